The lowest BCUT2D eigenvalue weighted by Gasteiger charge is -2.51. The van der Waals surface area contributed by atoms with Crippen LogP contribution in [0.3, 0.4) is 0 Å². The number of nitrogens with one attached hydrogen (secondary N) is 1. The summed E-state index contributed by atoms with van der Waals surface area (Å²) in [4.78, 5) is -0.556. The number of hydrogen-bond donors (Lipinski definition) is 1. The van der Waals surface area contributed by atoms with Crippen LogP contribution in [-0.4, -0.2) is 12.5 Å². The van der Waals surface area contributed by atoms with Crippen molar-refractivity contribution in [3.05, 3.63) is 48.2 Å². The molecule has 0 saturated heterocycles. The number of hydrogen-bond acceptors (Lipinski definition) is 1. The molecule has 0 aromatic heterocycles. The molecule has 0 heterocycles. The first-order valence-corrected chi connectivity index (χ1v) is 8.93. The number of halogens is 3. The molecule has 1 N–H and O–H groups in total. The van der Waals surface area contributed by atoms with Crippen molar-refractivity contribution in [3.63, 3.8) is 0 Å². The summed E-state index contributed by atoms with van der Waals surface area (Å²) in [5, 5.41) is 3.03. The molecule has 2 rings (SSSR count). The summed E-state index contributed by atoms with van der Waals surface area (Å²) >= 11 is 0. The highest BCUT2D eigenvalue weighted by Gasteiger charge is 2.53. The van der Waals surface area contributed by atoms with Crippen LogP contribution in [-0.2, 0) is 0 Å². The summed E-state index contributed by atoms with van der Waals surface area (Å²) in [5.74, 6) is 0. The Balaban J connectivity index is 2.18. The van der Waals surface area contributed by atoms with Crippen LogP contribution in [0.25, 0.3) is 0 Å². The Morgan fingerprint density at radius 2 is 1.68 bits per heavy atom. The highest BCUT2D eigenvalue weighted by atomic mass is 32.4. The summed E-state index contributed by atoms with van der Waals surface area (Å²) in [5.41, 5.74) is 2.52. The third-order valence-electron chi connectivity index (χ3n) is 3.08. The topological polar surface area (TPSA) is 12.0 Å². The fourth-order valence-electron chi connectivity index (χ4n) is 1.78. The van der Waals surface area contributed by atoms with E-state index in [1.54, 1.807) is 0 Å². The highest BCUT2D eigenvalue weighted by Crippen LogP contribution is 2.94. The Bertz CT molecular complexity index is 552. The lowest BCUT2D eigenvalue weighted by atomic mass is 9.96. The largest absolute Gasteiger partial charge is 0.356 e. The van der Waals surface area contributed by atoms with Crippen LogP contribution in [0.15, 0.2) is 53.1 Å². The van der Waals surface area contributed by atoms with Crippen LogP contribution in [0.2, 0.25) is 0 Å². The average molecular weight is 289 g/mol. The quantitative estimate of drug-likeness (QED) is 0.774. The summed E-state index contributed by atoms with van der Waals surface area (Å²) in [7, 11) is -6.58. The number of benzene rings is 1. The molecule has 1 aliphatic rings. The van der Waals surface area contributed by atoms with E-state index in [9.17, 15) is 11.7 Å². The molecule has 19 heavy (non-hydrogen) atoms. The standard InChI is InChI=1S/C14H18F3NS/c1-11(12-5-4-6-12)18-13-7-9-14(10-8-13)19(2,3,15,16)17/h5,7-10,18H,1,4,6H2,2-3H3. The molecule has 0 amide bonds. The average Bonchev–Trinajstić information content (AvgIpc) is 2.11. The van der Waals surface area contributed by atoms with Gasteiger partial charge in [-0.25, -0.2) is 0 Å². The summed E-state index contributed by atoms with van der Waals surface area (Å²) in [6.07, 6.45) is 4.86. The van der Waals surface area contributed by atoms with E-state index in [-0.39, 0.29) is 0 Å². The molecule has 1 aromatic rings. The monoisotopic (exact) mass is 289 g/mol. The van der Waals surface area contributed by atoms with Gasteiger partial charge in [-0.15, -0.1) is 11.7 Å². The molecule has 0 radical (unpaired) electrons. The number of anilines is 1. The Morgan fingerprint density at radius 3 is 2.05 bits per heavy atom. The van der Waals surface area contributed by atoms with Crippen LogP contribution >= 0.6 is 9.45 Å². The van der Waals surface area contributed by atoms with Crippen molar-refractivity contribution >= 4 is 15.1 Å². The molecule has 0 unspecified atom stereocenters. The zero-order valence-electron chi connectivity index (χ0n) is 11.1. The minimum absolute atomic E-state index is 0.389. The Labute approximate surface area is 111 Å². The SMILES string of the molecule is C=C(Nc1ccc(S(C)(C)(F)(F)F)cc1)C1=CCC1. The predicted molar refractivity (Wildman–Crippen MR) is 77.6 cm³/mol. The minimum Gasteiger partial charge on any atom is -0.356 e. The van der Waals surface area contributed by atoms with Gasteiger partial charge in [0.05, 0.1) is 9.45 Å². The molecule has 0 saturated carbocycles. The molecule has 1 nitrogen and oxygen atoms in total. The second-order valence-electron chi connectivity index (χ2n) is 5.54. The van der Waals surface area contributed by atoms with Gasteiger partial charge in [0.25, 0.3) is 0 Å². The first kappa shape index (κ1) is 14.1. The smallest absolute Gasteiger partial charge is 0.0701 e. The van der Waals surface area contributed by atoms with E-state index in [1.807, 2.05) is 0 Å². The maximum Gasteiger partial charge on any atom is 0.0701 e. The van der Waals surface area contributed by atoms with Gasteiger partial charge in [0, 0.05) is 28.8 Å². The van der Waals surface area contributed by atoms with Gasteiger partial charge in [0.1, 0.15) is 0 Å². The molecule has 0 aliphatic heterocycles. The second-order valence-corrected chi connectivity index (χ2v) is 10.3. The normalized spacial score (nSPS) is 18.7. The third-order valence-corrected chi connectivity index (χ3v) is 4.83. The van der Waals surface area contributed by atoms with Gasteiger partial charge in [0.15, 0.2) is 0 Å². The lowest BCUT2D eigenvalue weighted by molar-refractivity contribution is 0.564. The maximum absolute atomic E-state index is 13.8. The van der Waals surface area contributed by atoms with Crippen molar-refractivity contribution in [3.8, 4) is 0 Å². The summed E-state index contributed by atoms with van der Waals surface area (Å²) in [6, 6.07) is 5.16. The Kier molecular flexibility index (Phi) is 2.66. The number of rotatable bonds is 4. The Morgan fingerprint density at radius 1 is 1.16 bits per heavy atom. The zero-order chi connectivity index (χ0) is 14.4. The van der Waals surface area contributed by atoms with Gasteiger partial charge >= 0.3 is 0 Å². The van der Waals surface area contributed by atoms with Crippen molar-refractivity contribution in [1.82, 2.24) is 0 Å². The fraction of sp³-hybridized carbons (Fsp3) is 0.286. The van der Waals surface area contributed by atoms with Crippen molar-refractivity contribution < 1.29 is 11.7 Å². The van der Waals surface area contributed by atoms with Gasteiger partial charge in [-0.2, -0.15) is 0 Å². The van der Waals surface area contributed by atoms with Gasteiger partial charge in [-0.05, 0) is 42.7 Å². The van der Waals surface area contributed by atoms with E-state index in [2.05, 4.69) is 18.0 Å². The van der Waals surface area contributed by atoms with E-state index in [0.29, 0.717) is 18.2 Å². The fourth-order valence-corrected chi connectivity index (χ4v) is 2.77. The van der Waals surface area contributed by atoms with Crippen molar-refractivity contribution in [2.45, 2.75) is 17.7 Å². The Hall–Kier alpha value is -1.36. The van der Waals surface area contributed by atoms with Gasteiger partial charge in [0.2, 0.25) is 0 Å². The van der Waals surface area contributed by atoms with Gasteiger partial charge in [-0.1, -0.05) is 12.7 Å². The van der Waals surface area contributed by atoms with Crippen molar-refractivity contribution in [2.75, 3.05) is 17.8 Å². The molecule has 5 heteroatoms. The van der Waals surface area contributed by atoms with E-state index >= 15 is 0 Å². The predicted octanol–water partition coefficient (Wildman–Crippen LogP) is 5.48. The molecule has 106 valence electrons. The van der Waals surface area contributed by atoms with Crippen molar-refractivity contribution in [1.29, 1.82) is 0 Å². The van der Waals surface area contributed by atoms with E-state index in [1.165, 1.54) is 12.1 Å². The van der Waals surface area contributed by atoms with E-state index in [4.69, 9.17) is 0 Å². The highest BCUT2D eigenvalue weighted by molar-refractivity contribution is 8.52. The molecule has 0 bridgehead atoms. The molecule has 1 aliphatic carbocycles. The molecular weight excluding hydrogens is 271 g/mol. The molecular formula is C14H18F3NS. The second kappa shape index (κ2) is 3.60. The van der Waals surface area contributed by atoms with Crippen LogP contribution in [0.1, 0.15) is 12.8 Å². The molecule has 0 fully saturated rings. The van der Waals surface area contributed by atoms with E-state index < -0.39 is 14.3 Å². The zero-order valence-corrected chi connectivity index (χ0v) is 11.9. The van der Waals surface area contributed by atoms with E-state index in [0.717, 1.165) is 36.2 Å². The maximum atomic E-state index is 13.8. The van der Waals surface area contributed by atoms with Crippen molar-refractivity contribution in [2.24, 2.45) is 0 Å². The minimum atomic E-state index is -6.58. The molecule has 1 aromatic carbocycles. The van der Waals surface area contributed by atoms with Crippen LogP contribution < -0.4 is 5.32 Å². The summed E-state index contributed by atoms with van der Waals surface area (Å²) < 4.78 is 41.5. The summed E-state index contributed by atoms with van der Waals surface area (Å²) in [6.45, 7) is 3.88. The molecule has 0 atom stereocenters. The van der Waals surface area contributed by atoms with Gasteiger partial charge in [-0.3, -0.25) is 0 Å². The van der Waals surface area contributed by atoms with Crippen LogP contribution in [0.5, 0.6) is 0 Å². The third kappa shape index (κ3) is 3.35. The van der Waals surface area contributed by atoms with Crippen LogP contribution in [0.4, 0.5) is 17.3 Å². The lowest BCUT2D eigenvalue weighted by Crippen LogP contribution is -2.15. The molecule has 0 spiro atoms. The van der Waals surface area contributed by atoms with Crippen LogP contribution in [0, 0.1) is 0 Å². The first-order valence-electron chi connectivity index (χ1n) is 5.96. The van der Waals surface area contributed by atoms with Gasteiger partial charge < -0.3 is 5.32 Å². The first-order chi connectivity index (χ1) is 8.45. The number of allylic oxidation sites excluding steroid dienone is 2.